The number of aromatic nitrogens is 2. The number of carbonyl (C=O) groups is 1. The number of ether oxygens (including phenoxy) is 1. The first-order chi connectivity index (χ1) is 11.6. The van der Waals surface area contributed by atoms with Gasteiger partial charge in [-0.1, -0.05) is 41.4 Å². The molecule has 1 heterocycles. The fourth-order valence-electron chi connectivity index (χ4n) is 2.16. The highest BCUT2D eigenvalue weighted by Crippen LogP contribution is 2.30. The minimum atomic E-state index is -0.934. The summed E-state index contributed by atoms with van der Waals surface area (Å²) in [5, 5.41) is 1.02. The summed E-state index contributed by atoms with van der Waals surface area (Å²) in [6.45, 7) is 0. The smallest absolute Gasteiger partial charge is 0.227 e. The average molecular weight is 359 g/mol. The quantitative estimate of drug-likeness (QED) is 0.615. The standard InChI is InChI=1S/C18H12Cl2N2O2/c19-12-5-7-13(8-6-12)24-18(14-3-1-2-4-15(14)20)17(23)16-11-21-9-10-22-16/h1-11,18H. The molecule has 0 aliphatic carbocycles. The molecule has 0 saturated carbocycles. The zero-order valence-corrected chi connectivity index (χ0v) is 13.9. The molecule has 0 fully saturated rings. The van der Waals surface area contributed by atoms with Crippen LogP contribution in [-0.2, 0) is 0 Å². The molecule has 0 bridgehead atoms. The van der Waals surface area contributed by atoms with E-state index >= 15 is 0 Å². The Bertz CT molecular complexity index is 839. The van der Waals surface area contributed by atoms with Gasteiger partial charge >= 0.3 is 0 Å². The molecule has 4 nitrogen and oxygen atoms in total. The number of benzene rings is 2. The number of carbonyl (C=O) groups excluding carboxylic acids is 1. The van der Waals surface area contributed by atoms with Crippen molar-refractivity contribution in [1.29, 1.82) is 0 Å². The van der Waals surface area contributed by atoms with Crippen LogP contribution >= 0.6 is 23.2 Å². The lowest BCUT2D eigenvalue weighted by atomic mass is 10.0. The molecule has 1 aromatic heterocycles. The molecule has 3 aromatic rings. The maximum absolute atomic E-state index is 12.9. The summed E-state index contributed by atoms with van der Waals surface area (Å²) < 4.78 is 5.89. The van der Waals surface area contributed by atoms with Gasteiger partial charge in [0.1, 0.15) is 11.4 Å². The van der Waals surface area contributed by atoms with Crippen molar-refractivity contribution in [3.63, 3.8) is 0 Å². The molecule has 1 atom stereocenters. The van der Waals surface area contributed by atoms with Gasteiger partial charge in [-0.2, -0.15) is 0 Å². The molecule has 24 heavy (non-hydrogen) atoms. The van der Waals surface area contributed by atoms with Crippen molar-refractivity contribution in [1.82, 2.24) is 9.97 Å². The summed E-state index contributed by atoms with van der Waals surface area (Å²) in [6, 6.07) is 13.8. The van der Waals surface area contributed by atoms with E-state index < -0.39 is 6.10 Å². The maximum Gasteiger partial charge on any atom is 0.227 e. The number of ketones is 1. The van der Waals surface area contributed by atoms with E-state index in [4.69, 9.17) is 27.9 Å². The van der Waals surface area contributed by atoms with Crippen LogP contribution in [0.25, 0.3) is 0 Å². The fraction of sp³-hybridized carbons (Fsp3) is 0.0556. The molecule has 3 rings (SSSR count). The van der Waals surface area contributed by atoms with E-state index in [9.17, 15) is 4.79 Å². The third kappa shape index (κ3) is 3.72. The van der Waals surface area contributed by atoms with Gasteiger partial charge in [0.05, 0.1) is 6.20 Å². The Morgan fingerprint density at radius 2 is 1.75 bits per heavy atom. The Morgan fingerprint density at radius 3 is 2.42 bits per heavy atom. The fourth-order valence-corrected chi connectivity index (χ4v) is 2.52. The van der Waals surface area contributed by atoms with E-state index in [0.717, 1.165) is 0 Å². The number of hydrogen-bond acceptors (Lipinski definition) is 4. The third-order valence-corrected chi connectivity index (χ3v) is 3.91. The van der Waals surface area contributed by atoms with Gasteiger partial charge in [-0.15, -0.1) is 0 Å². The minimum absolute atomic E-state index is 0.205. The molecule has 0 N–H and O–H groups in total. The van der Waals surface area contributed by atoms with Crippen molar-refractivity contribution in [2.75, 3.05) is 0 Å². The number of hydrogen-bond donors (Lipinski definition) is 0. The molecule has 2 aromatic carbocycles. The lowest BCUT2D eigenvalue weighted by molar-refractivity contribution is 0.0786. The highest BCUT2D eigenvalue weighted by atomic mass is 35.5. The van der Waals surface area contributed by atoms with Crippen molar-refractivity contribution in [3.8, 4) is 5.75 Å². The summed E-state index contributed by atoms with van der Waals surface area (Å²) in [5.74, 6) is 0.174. The van der Waals surface area contributed by atoms with E-state index in [1.165, 1.54) is 18.6 Å². The van der Waals surface area contributed by atoms with Crippen LogP contribution in [0.15, 0.2) is 67.1 Å². The Labute approximate surface area is 149 Å². The lowest BCUT2D eigenvalue weighted by Gasteiger charge is -2.19. The number of rotatable bonds is 5. The van der Waals surface area contributed by atoms with Gasteiger partial charge in [0, 0.05) is 28.0 Å². The molecular weight excluding hydrogens is 347 g/mol. The molecule has 0 aliphatic rings. The van der Waals surface area contributed by atoms with Crippen molar-refractivity contribution in [2.45, 2.75) is 6.10 Å². The summed E-state index contributed by atoms with van der Waals surface area (Å²) in [6.07, 6.45) is 3.43. The van der Waals surface area contributed by atoms with E-state index in [0.29, 0.717) is 21.4 Å². The predicted octanol–water partition coefficient (Wildman–Crippen LogP) is 4.79. The van der Waals surface area contributed by atoms with Crippen LogP contribution in [0.4, 0.5) is 0 Å². The Hall–Kier alpha value is -2.43. The van der Waals surface area contributed by atoms with E-state index in [-0.39, 0.29) is 11.5 Å². The largest absolute Gasteiger partial charge is 0.477 e. The minimum Gasteiger partial charge on any atom is -0.477 e. The van der Waals surface area contributed by atoms with E-state index in [2.05, 4.69) is 9.97 Å². The molecule has 0 amide bonds. The second-order valence-corrected chi connectivity index (χ2v) is 5.77. The molecule has 0 saturated heterocycles. The van der Waals surface area contributed by atoms with E-state index in [1.54, 1.807) is 48.5 Å². The van der Waals surface area contributed by atoms with E-state index in [1.807, 2.05) is 0 Å². The topological polar surface area (TPSA) is 52.1 Å². The van der Waals surface area contributed by atoms with Gasteiger partial charge in [0.15, 0.2) is 6.10 Å². The normalized spacial score (nSPS) is 11.8. The zero-order chi connectivity index (χ0) is 16.9. The monoisotopic (exact) mass is 358 g/mol. The SMILES string of the molecule is O=C(c1cnccn1)C(Oc1ccc(Cl)cc1)c1ccccc1Cl. The molecule has 0 spiro atoms. The van der Waals surface area contributed by atoms with Crippen LogP contribution in [0.1, 0.15) is 22.2 Å². The van der Waals surface area contributed by atoms with Gasteiger partial charge in [-0.3, -0.25) is 9.78 Å². The molecule has 0 radical (unpaired) electrons. The van der Waals surface area contributed by atoms with Crippen LogP contribution in [-0.4, -0.2) is 15.8 Å². The third-order valence-electron chi connectivity index (χ3n) is 3.31. The molecule has 1 unspecified atom stereocenters. The average Bonchev–Trinajstić information content (AvgIpc) is 2.62. The Kier molecular flexibility index (Phi) is 5.08. The number of Topliss-reactive ketones (excluding diaryl/α,β-unsaturated/α-hetero) is 1. The predicted molar refractivity (Wildman–Crippen MR) is 92.6 cm³/mol. The van der Waals surface area contributed by atoms with Crippen molar-refractivity contribution in [3.05, 3.63) is 88.4 Å². The summed E-state index contributed by atoms with van der Waals surface area (Å²) >= 11 is 12.1. The van der Waals surface area contributed by atoms with Gasteiger partial charge < -0.3 is 4.74 Å². The van der Waals surface area contributed by atoms with Crippen LogP contribution in [0.3, 0.4) is 0 Å². The second-order valence-electron chi connectivity index (χ2n) is 4.93. The van der Waals surface area contributed by atoms with Gasteiger partial charge in [0.25, 0.3) is 0 Å². The molecular formula is C18H12Cl2N2O2. The number of nitrogens with zero attached hydrogens (tertiary/aromatic N) is 2. The number of halogens is 2. The summed E-state index contributed by atoms with van der Waals surface area (Å²) in [5.41, 5.74) is 0.765. The van der Waals surface area contributed by atoms with Gasteiger partial charge in [-0.05, 0) is 30.3 Å². The first-order valence-corrected chi connectivity index (χ1v) is 7.87. The van der Waals surface area contributed by atoms with Crippen LogP contribution in [0.2, 0.25) is 10.0 Å². The van der Waals surface area contributed by atoms with Gasteiger partial charge in [-0.25, -0.2) is 4.98 Å². The Balaban J connectivity index is 1.99. The van der Waals surface area contributed by atoms with Crippen LogP contribution in [0.5, 0.6) is 5.75 Å². The van der Waals surface area contributed by atoms with Crippen LogP contribution < -0.4 is 4.74 Å². The summed E-state index contributed by atoms with van der Waals surface area (Å²) in [7, 11) is 0. The summed E-state index contributed by atoms with van der Waals surface area (Å²) in [4.78, 5) is 20.8. The zero-order valence-electron chi connectivity index (χ0n) is 12.4. The van der Waals surface area contributed by atoms with Crippen molar-refractivity contribution >= 4 is 29.0 Å². The first kappa shape index (κ1) is 16.4. The highest BCUT2D eigenvalue weighted by Gasteiger charge is 2.27. The maximum atomic E-state index is 12.9. The molecule has 6 heteroatoms. The molecule has 0 aliphatic heterocycles. The van der Waals surface area contributed by atoms with Crippen molar-refractivity contribution < 1.29 is 9.53 Å². The highest BCUT2D eigenvalue weighted by molar-refractivity contribution is 6.31. The van der Waals surface area contributed by atoms with Crippen LogP contribution in [0, 0.1) is 0 Å². The second kappa shape index (κ2) is 7.43. The Morgan fingerprint density at radius 1 is 1.00 bits per heavy atom. The molecule has 120 valence electrons. The lowest BCUT2D eigenvalue weighted by Crippen LogP contribution is -2.20. The van der Waals surface area contributed by atoms with Gasteiger partial charge in [0.2, 0.25) is 5.78 Å². The van der Waals surface area contributed by atoms with Crippen molar-refractivity contribution in [2.24, 2.45) is 0 Å². The first-order valence-electron chi connectivity index (χ1n) is 7.12.